The molecule has 35 heavy (non-hydrogen) atoms. The second-order valence-corrected chi connectivity index (χ2v) is 14.7. The molecular weight excluding hydrogens is 428 g/mol. The molecule has 4 aliphatic rings. The van der Waals surface area contributed by atoms with Gasteiger partial charge in [-0.3, -0.25) is 4.79 Å². The van der Waals surface area contributed by atoms with Gasteiger partial charge in [0.2, 0.25) is 0 Å². The maximum absolute atomic E-state index is 12.3. The van der Waals surface area contributed by atoms with Crippen molar-refractivity contribution in [3.05, 3.63) is 11.6 Å². The normalized spacial score (nSPS) is 41.4. The first-order valence-corrected chi connectivity index (χ1v) is 15.4. The summed E-state index contributed by atoms with van der Waals surface area (Å²) in [5.41, 5.74) is 1.93. The first-order chi connectivity index (χ1) is 16.5. The molecule has 0 spiro atoms. The summed E-state index contributed by atoms with van der Waals surface area (Å²) in [6.07, 6.45) is 18.9. The Labute approximate surface area is 217 Å². The molecule has 0 heterocycles. The van der Waals surface area contributed by atoms with Gasteiger partial charge in [0.1, 0.15) is 0 Å². The van der Waals surface area contributed by atoms with Crippen LogP contribution < -0.4 is 0 Å². The van der Waals surface area contributed by atoms with Gasteiger partial charge in [-0.25, -0.2) is 0 Å². The largest absolute Gasteiger partial charge is 0.481 e. The minimum Gasteiger partial charge on any atom is -0.481 e. The lowest BCUT2D eigenvalue weighted by Gasteiger charge is -2.59. The van der Waals surface area contributed by atoms with Crippen LogP contribution in [0, 0.1) is 57.7 Å². The molecule has 2 heteroatoms. The van der Waals surface area contributed by atoms with Crippen LogP contribution in [0.15, 0.2) is 11.6 Å². The Balaban J connectivity index is 1.49. The van der Waals surface area contributed by atoms with Crippen LogP contribution in [-0.2, 0) is 4.79 Å². The number of fused-ring (bicyclic) bond motifs is 5. The van der Waals surface area contributed by atoms with Crippen molar-refractivity contribution in [2.24, 2.45) is 57.7 Å². The van der Waals surface area contributed by atoms with Gasteiger partial charge < -0.3 is 5.11 Å². The van der Waals surface area contributed by atoms with Gasteiger partial charge in [0.15, 0.2) is 0 Å². The van der Waals surface area contributed by atoms with E-state index in [1.165, 1.54) is 57.8 Å². The number of carbonyl (C=O) groups is 1. The van der Waals surface area contributed by atoms with Crippen molar-refractivity contribution in [3.8, 4) is 0 Å². The molecule has 0 bridgehead atoms. The molecule has 1 unspecified atom stereocenters. The molecule has 4 rings (SSSR count). The van der Waals surface area contributed by atoms with Crippen LogP contribution in [0.5, 0.6) is 0 Å². The average Bonchev–Trinajstić information content (AvgIpc) is 3.15. The van der Waals surface area contributed by atoms with Crippen molar-refractivity contribution in [2.45, 2.75) is 132 Å². The van der Waals surface area contributed by atoms with Gasteiger partial charge >= 0.3 is 5.97 Å². The molecule has 0 aromatic rings. The Morgan fingerprint density at radius 1 is 1.09 bits per heavy atom. The maximum atomic E-state index is 12.3. The summed E-state index contributed by atoms with van der Waals surface area (Å²) >= 11 is 0. The number of rotatable bonds is 9. The fourth-order valence-corrected chi connectivity index (χ4v) is 10.2. The summed E-state index contributed by atoms with van der Waals surface area (Å²) in [6.45, 7) is 16.7. The SMILES string of the molecule is CCCC(C)(C(=O)O)[C@H]1CC[C@@]2(C)C(=CC[C@H]3[C@@H]4CC[C@H]([C@H](C)CCCC(C)C)[C@@]4(C)CC[C@@H]32)C1. The zero-order chi connectivity index (χ0) is 25.6. The highest BCUT2D eigenvalue weighted by molar-refractivity contribution is 5.74. The smallest absolute Gasteiger partial charge is 0.309 e. The molecule has 0 amide bonds. The molecular formula is C33H56O2. The molecule has 2 nitrogen and oxygen atoms in total. The fourth-order valence-electron chi connectivity index (χ4n) is 10.2. The predicted molar refractivity (Wildman–Crippen MR) is 147 cm³/mol. The number of hydrogen-bond donors (Lipinski definition) is 1. The van der Waals surface area contributed by atoms with Gasteiger partial charge in [0, 0.05) is 0 Å². The van der Waals surface area contributed by atoms with Crippen LogP contribution in [0.3, 0.4) is 0 Å². The highest BCUT2D eigenvalue weighted by atomic mass is 16.4. The van der Waals surface area contributed by atoms with Crippen LogP contribution in [0.2, 0.25) is 0 Å². The van der Waals surface area contributed by atoms with E-state index < -0.39 is 11.4 Å². The molecule has 200 valence electrons. The van der Waals surface area contributed by atoms with Gasteiger partial charge in [-0.05, 0) is 117 Å². The Bertz CT molecular complexity index is 797. The van der Waals surface area contributed by atoms with Crippen LogP contribution in [0.4, 0.5) is 0 Å². The third-order valence-electron chi connectivity index (χ3n) is 12.5. The molecule has 9 atom stereocenters. The predicted octanol–water partition coefficient (Wildman–Crippen LogP) is 9.54. The van der Waals surface area contributed by atoms with Crippen LogP contribution in [0.25, 0.3) is 0 Å². The summed E-state index contributed by atoms with van der Waals surface area (Å²) in [6, 6.07) is 0. The highest BCUT2D eigenvalue weighted by Crippen LogP contribution is 2.68. The Morgan fingerprint density at radius 2 is 1.83 bits per heavy atom. The second kappa shape index (κ2) is 10.2. The molecule has 3 saturated carbocycles. The Kier molecular flexibility index (Phi) is 7.92. The fraction of sp³-hybridized carbons (Fsp3) is 0.909. The topological polar surface area (TPSA) is 37.3 Å². The second-order valence-electron chi connectivity index (χ2n) is 14.7. The van der Waals surface area contributed by atoms with E-state index in [0.29, 0.717) is 16.7 Å². The highest BCUT2D eigenvalue weighted by Gasteiger charge is 2.59. The number of aliphatic carboxylic acids is 1. The number of carboxylic acids is 1. The molecule has 0 aliphatic heterocycles. The van der Waals surface area contributed by atoms with Crippen molar-refractivity contribution in [1.29, 1.82) is 0 Å². The lowest BCUT2D eigenvalue weighted by Crippen LogP contribution is -2.51. The standard InChI is InChI=1S/C33H56O2/c1-8-18-32(6,30(34)35)25-16-19-31(5)24(21-25)12-13-26-28-15-14-27(23(4)11-9-10-22(2)3)33(28,7)20-17-29(26)31/h12,22-23,25-29H,8-11,13-21H2,1-7H3,(H,34,35)/t23-,25+,26+,27-,28+,29+,31+,32?,33-/m1/s1. The van der Waals surface area contributed by atoms with E-state index in [9.17, 15) is 9.90 Å². The Hall–Kier alpha value is -0.790. The van der Waals surface area contributed by atoms with Gasteiger partial charge in [-0.2, -0.15) is 0 Å². The van der Waals surface area contributed by atoms with E-state index in [0.717, 1.165) is 61.2 Å². The third kappa shape index (κ3) is 4.67. The minimum absolute atomic E-state index is 0.298. The number of carboxylic acid groups (broad SMARTS) is 1. The number of allylic oxidation sites excluding steroid dienone is 2. The molecule has 4 aliphatic carbocycles. The summed E-state index contributed by atoms with van der Waals surface area (Å²) in [7, 11) is 0. The van der Waals surface area contributed by atoms with Gasteiger partial charge in [0.25, 0.3) is 0 Å². The lowest BCUT2D eigenvalue weighted by atomic mass is 9.45. The summed E-state index contributed by atoms with van der Waals surface area (Å²) in [4.78, 5) is 12.3. The third-order valence-corrected chi connectivity index (χ3v) is 12.5. The van der Waals surface area contributed by atoms with Crippen molar-refractivity contribution in [1.82, 2.24) is 0 Å². The van der Waals surface area contributed by atoms with E-state index in [1.54, 1.807) is 5.57 Å². The molecule has 1 N–H and O–H groups in total. The van der Waals surface area contributed by atoms with Crippen molar-refractivity contribution >= 4 is 5.97 Å². The van der Waals surface area contributed by atoms with Crippen molar-refractivity contribution in [3.63, 3.8) is 0 Å². The first-order valence-electron chi connectivity index (χ1n) is 15.4. The maximum Gasteiger partial charge on any atom is 0.309 e. The van der Waals surface area contributed by atoms with E-state index >= 15 is 0 Å². The first kappa shape index (κ1) is 27.3. The van der Waals surface area contributed by atoms with Crippen LogP contribution in [-0.4, -0.2) is 11.1 Å². The number of hydrogen-bond acceptors (Lipinski definition) is 1. The van der Waals surface area contributed by atoms with Crippen LogP contribution >= 0.6 is 0 Å². The van der Waals surface area contributed by atoms with E-state index in [-0.39, 0.29) is 0 Å². The molecule has 0 saturated heterocycles. The van der Waals surface area contributed by atoms with E-state index in [1.807, 2.05) is 6.92 Å². The molecule has 0 radical (unpaired) electrons. The summed E-state index contributed by atoms with van der Waals surface area (Å²) in [5.74, 6) is 4.91. The molecule has 0 aromatic heterocycles. The molecule has 3 fully saturated rings. The van der Waals surface area contributed by atoms with E-state index in [4.69, 9.17) is 0 Å². The summed E-state index contributed by atoms with van der Waals surface area (Å²) in [5, 5.41) is 10.1. The van der Waals surface area contributed by atoms with Crippen LogP contribution in [0.1, 0.15) is 132 Å². The quantitative estimate of drug-likeness (QED) is 0.331. The monoisotopic (exact) mass is 484 g/mol. The zero-order valence-electron chi connectivity index (χ0n) is 24.2. The minimum atomic E-state index is -0.574. The van der Waals surface area contributed by atoms with Gasteiger partial charge in [0.05, 0.1) is 5.41 Å². The molecule has 0 aromatic carbocycles. The zero-order valence-corrected chi connectivity index (χ0v) is 24.2. The lowest BCUT2D eigenvalue weighted by molar-refractivity contribution is -0.153. The summed E-state index contributed by atoms with van der Waals surface area (Å²) < 4.78 is 0. The van der Waals surface area contributed by atoms with Crippen molar-refractivity contribution < 1.29 is 9.90 Å². The Morgan fingerprint density at radius 3 is 2.49 bits per heavy atom. The average molecular weight is 485 g/mol. The van der Waals surface area contributed by atoms with Crippen molar-refractivity contribution in [2.75, 3.05) is 0 Å². The van der Waals surface area contributed by atoms with E-state index in [2.05, 4.69) is 47.6 Å². The van der Waals surface area contributed by atoms with Gasteiger partial charge in [-0.1, -0.05) is 78.9 Å². The van der Waals surface area contributed by atoms with Gasteiger partial charge in [-0.15, -0.1) is 0 Å².